The molecular weight excluding hydrogens is 304 g/mol. The topological polar surface area (TPSA) is 41.1 Å². The van der Waals surface area contributed by atoms with Crippen LogP contribution in [0.5, 0.6) is 0 Å². The second-order valence-electron chi connectivity index (χ2n) is 7.06. The van der Waals surface area contributed by atoms with Gasteiger partial charge in [-0.25, -0.2) is 9.97 Å². The molecule has 2 aromatic heterocycles. The van der Waals surface area contributed by atoms with Crippen LogP contribution in [-0.4, -0.2) is 34.0 Å². The maximum Gasteiger partial charge on any atom is 0.146 e. The molecule has 0 atom stereocenters. The van der Waals surface area contributed by atoms with Gasteiger partial charge < -0.3 is 5.32 Å². The van der Waals surface area contributed by atoms with Gasteiger partial charge in [0, 0.05) is 10.9 Å². The molecule has 1 saturated carbocycles. The molecule has 0 amide bonds. The number of hydrogen-bond donors (Lipinski definition) is 1. The normalized spacial score (nSPS) is 19.9. The lowest BCUT2D eigenvalue weighted by molar-refractivity contribution is 0.323. The summed E-state index contributed by atoms with van der Waals surface area (Å²) in [5, 5.41) is 4.99. The summed E-state index contributed by atoms with van der Waals surface area (Å²) in [6.07, 6.45) is 7.85. The second-order valence-corrected chi connectivity index (χ2v) is 8.26. The zero-order valence-electron chi connectivity index (χ0n) is 14.2. The number of thiophene rings is 1. The smallest absolute Gasteiger partial charge is 0.146 e. The number of aryl methyl sites for hydroxylation is 2. The third-order valence-electron chi connectivity index (χ3n) is 5.33. The van der Waals surface area contributed by atoms with Gasteiger partial charge in [0.2, 0.25) is 0 Å². The molecule has 124 valence electrons. The first-order valence-corrected chi connectivity index (χ1v) is 9.78. The molecule has 4 nitrogen and oxygen atoms in total. The Morgan fingerprint density at radius 2 is 1.83 bits per heavy atom. The molecule has 1 aliphatic heterocycles. The first-order valence-electron chi connectivity index (χ1n) is 8.96. The minimum absolute atomic E-state index is 0.590. The lowest BCUT2D eigenvalue weighted by Gasteiger charge is -2.17. The average molecular weight is 331 g/mol. The molecule has 23 heavy (non-hydrogen) atoms. The summed E-state index contributed by atoms with van der Waals surface area (Å²) < 4.78 is 0. The lowest BCUT2D eigenvalue weighted by Crippen LogP contribution is -2.21. The van der Waals surface area contributed by atoms with Crippen molar-refractivity contribution >= 4 is 27.4 Å². The molecule has 0 radical (unpaired) electrons. The van der Waals surface area contributed by atoms with Crippen LogP contribution in [0.2, 0.25) is 0 Å². The Kier molecular flexibility index (Phi) is 4.24. The van der Waals surface area contributed by atoms with Gasteiger partial charge in [-0.2, -0.15) is 0 Å². The minimum atomic E-state index is 0.590. The van der Waals surface area contributed by atoms with Crippen molar-refractivity contribution in [2.75, 3.05) is 18.4 Å². The molecule has 0 spiro atoms. The fourth-order valence-electron chi connectivity index (χ4n) is 3.87. The highest BCUT2D eigenvalue weighted by atomic mass is 32.1. The SMILES string of the molecule is Cc1sc2nc(CN3CCCC3)nc(NC3CCCC3)c2c1C. The molecule has 0 unspecified atom stereocenters. The number of fused-ring (bicyclic) bond motifs is 1. The number of aromatic nitrogens is 2. The number of nitrogens with one attached hydrogen (secondary N) is 1. The van der Waals surface area contributed by atoms with Gasteiger partial charge in [-0.1, -0.05) is 12.8 Å². The quantitative estimate of drug-likeness (QED) is 0.909. The van der Waals surface area contributed by atoms with E-state index in [1.807, 2.05) is 11.3 Å². The van der Waals surface area contributed by atoms with Crippen LogP contribution in [0.4, 0.5) is 5.82 Å². The van der Waals surface area contributed by atoms with E-state index in [1.165, 1.54) is 67.4 Å². The Morgan fingerprint density at radius 3 is 2.57 bits per heavy atom. The third kappa shape index (κ3) is 3.09. The van der Waals surface area contributed by atoms with Crippen molar-refractivity contribution in [3.05, 3.63) is 16.3 Å². The highest BCUT2D eigenvalue weighted by molar-refractivity contribution is 7.18. The number of rotatable bonds is 4. The highest BCUT2D eigenvalue weighted by Gasteiger charge is 2.21. The fourth-order valence-corrected chi connectivity index (χ4v) is 4.92. The summed E-state index contributed by atoms with van der Waals surface area (Å²) >= 11 is 1.81. The van der Waals surface area contributed by atoms with E-state index >= 15 is 0 Å². The zero-order valence-corrected chi connectivity index (χ0v) is 15.0. The van der Waals surface area contributed by atoms with Crippen molar-refractivity contribution in [1.82, 2.24) is 14.9 Å². The maximum absolute atomic E-state index is 4.94. The molecule has 0 bridgehead atoms. The van der Waals surface area contributed by atoms with Gasteiger partial charge in [0.05, 0.1) is 11.9 Å². The van der Waals surface area contributed by atoms with Crippen molar-refractivity contribution in [1.29, 1.82) is 0 Å². The summed E-state index contributed by atoms with van der Waals surface area (Å²) in [4.78, 5) is 14.8. The van der Waals surface area contributed by atoms with Gasteiger partial charge in [-0.15, -0.1) is 11.3 Å². The van der Waals surface area contributed by atoms with Crippen molar-refractivity contribution in [2.24, 2.45) is 0 Å². The van der Waals surface area contributed by atoms with E-state index in [1.54, 1.807) is 0 Å². The van der Waals surface area contributed by atoms with Crippen molar-refractivity contribution < 1.29 is 0 Å². The summed E-state index contributed by atoms with van der Waals surface area (Å²) in [7, 11) is 0. The Labute approximate surface area is 142 Å². The summed E-state index contributed by atoms with van der Waals surface area (Å²) in [6, 6.07) is 0.590. The summed E-state index contributed by atoms with van der Waals surface area (Å²) in [5.74, 6) is 2.07. The van der Waals surface area contributed by atoms with Gasteiger partial charge in [0.1, 0.15) is 16.5 Å². The van der Waals surface area contributed by atoms with Crippen LogP contribution in [0.15, 0.2) is 0 Å². The molecular formula is C18H26N4S. The van der Waals surface area contributed by atoms with Gasteiger partial charge in [-0.05, 0) is 58.2 Å². The van der Waals surface area contributed by atoms with Gasteiger partial charge in [-0.3, -0.25) is 4.90 Å². The number of likely N-dealkylation sites (tertiary alicyclic amines) is 1. The summed E-state index contributed by atoms with van der Waals surface area (Å²) in [6.45, 7) is 7.68. The Balaban J connectivity index is 1.70. The molecule has 2 fully saturated rings. The summed E-state index contributed by atoms with van der Waals surface area (Å²) in [5.41, 5.74) is 1.35. The van der Waals surface area contributed by atoms with E-state index in [2.05, 4.69) is 24.1 Å². The number of hydrogen-bond acceptors (Lipinski definition) is 5. The van der Waals surface area contributed by atoms with Crippen LogP contribution in [0.1, 0.15) is 54.8 Å². The molecule has 3 heterocycles. The van der Waals surface area contributed by atoms with Gasteiger partial charge in [0.15, 0.2) is 0 Å². The predicted octanol–water partition coefficient (Wildman–Crippen LogP) is 4.26. The highest BCUT2D eigenvalue weighted by Crippen LogP contribution is 2.35. The van der Waals surface area contributed by atoms with E-state index in [4.69, 9.17) is 9.97 Å². The molecule has 2 aromatic rings. The molecule has 0 aromatic carbocycles. The molecule has 1 saturated heterocycles. The molecule has 1 N–H and O–H groups in total. The number of anilines is 1. The van der Waals surface area contributed by atoms with E-state index in [0.717, 1.165) is 23.0 Å². The van der Waals surface area contributed by atoms with Crippen LogP contribution in [0, 0.1) is 13.8 Å². The van der Waals surface area contributed by atoms with Crippen LogP contribution < -0.4 is 5.32 Å². The zero-order chi connectivity index (χ0) is 15.8. The van der Waals surface area contributed by atoms with Crippen molar-refractivity contribution in [3.8, 4) is 0 Å². The van der Waals surface area contributed by atoms with E-state index < -0.39 is 0 Å². The predicted molar refractivity (Wildman–Crippen MR) is 97.3 cm³/mol. The lowest BCUT2D eigenvalue weighted by atomic mass is 10.2. The van der Waals surface area contributed by atoms with E-state index in [9.17, 15) is 0 Å². The van der Waals surface area contributed by atoms with Crippen molar-refractivity contribution in [3.63, 3.8) is 0 Å². The Bertz CT molecular complexity index is 697. The van der Waals surface area contributed by atoms with Crippen LogP contribution >= 0.6 is 11.3 Å². The maximum atomic E-state index is 4.94. The molecule has 5 heteroatoms. The molecule has 1 aliphatic carbocycles. The largest absolute Gasteiger partial charge is 0.367 e. The van der Waals surface area contributed by atoms with Crippen molar-refractivity contribution in [2.45, 2.75) is 65.0 Å². The van der Waals surface area contributed by atoms with Gasteiger partial charge >= 0.3 is 0 Å². The van der Waals surface area contributed by atoms with E-state index in [-0.39, 0.29) is 0 Å². The van der Waals surface area contributed by atoms with E-state index in [0.29, 0.717) is 6.04 Å². The first kappa shape index (κ1) is 15.3. The second kappa shape index (κ2) is 6.36. The Hall–Kier alpha value is -1.20. The third-order valence-corrected chi connectivity index (χ3v) is 6.44. The van der Waals surface area contributed by atoms with Gasteiger partial charge in [0.25, 0.3) is 0 Å². The standard InChI is InChI=1S/C18H26N4S/c1-12-13(2)23-18-16(12)17(19-14-7-3-4-8-14)20-15(21-18)11-22-9-5-6-10-22/h14H,3-11H2,1-2H3,(H,19,20,21). The fraction of sp³-hybridized carbons (Fsp3) is 0.667. The molecule has 4 rings (SSSR count). The Morgan fingerprint density at radius 1 is 1.09 bits per heavy atom. The van der Waals surface area contributed by atoms with Crippen LogP contribution in [0.25, 0.3) is 10.2 Å². The van der Waals surface area contributed by atoms with Crippen LogP contribution in [-0.2, 0) is 6.54 Å². The minimum Gasteiger partial charge on any atom is -0.367 e. The molecule has 2 aliphatic rings. The monoisotopic (exact) mass is 330 g/mol. The van der Waals surface area contributed by atoms with Crippen LogP contribution in [0.3, 0.4) is 0 Å². The number of nitrogens with zero attached hydrogens (tertiary/aromatic N) is 3. The first-order chi connectivity index (χ1) is 11.2. The average Bonchev–Trinajstić information content (AvgIpc) is 3.24.